The second-order valence-electron chi connectivity index (χ2n) is 5.06. The molecular formula is C16H10Cl2FN5O2. The quantitative estimate of drug-likeness (QED) is 0.450. The SMILES string of the molecule is O=[N+]([O-])c1c(Nc2cc(Cl)cc(Cl)c2)ncnc1Nc1ccccc1F. The molecule has 3 rings (SSSR count). The van der Waals surface area contributed by atoms with E-state index in [9.17, 15) is 14.5 Å². The first-order chi connectivity index (χ1) is 12.4. The Bertz CT molecular complexity index is 966. The van der Waals surface area contributed by atoms with Crippen LogP contribution in [0, 0.1) is 15.9 Å². The summed E-state index contributed by atoms with van der Waals surface area (Å²) in [5.41, 5.74) is -0.000886. The fraction of sp³-hybridized carbons (Fsp3) is 0. The summed E-state index contributed by atoms with van der Waals surface area (Å²) in [5.74, 6) is -0.829. The topological polar surface area (TPSA) is 93.0 Å². The largest absolute Gasteiger partial charge is 0.353 e. The van der Waals surface area contributed by atoms with E-state index < -0.39 is 16.4 Å². The van der Waals surface area contributed by atoms with Gasteiger partial charge in [-0.2, -0.15) is 0 Å². The maximum atomic E-state index is 13.8. The smallest absolute Gasteiger partial charge is 0.334 e. The second kappa shape index (κ2) is 7.51. The summed E-state index contributed by atoms with van der Waals surface area (Å²) in [6.07, 6.45) is 1.12. The Morgan fingerprint density at radius 3 is 2.23 bits per heavy atom. The Hall–Kier alpha value is -2.97. The van der Waals surface area contributed by atoms with E-state index in [1.165, 1.54) is 36.4 Å². The summed E-state index contributed by atoms with van der Waals surface area (Å²) in [5, 5.41) is 17.6. The summed E-state index contributed by atoms with van der Waals surface area (Å²) in [4.78, 5) is 18.6. The minimum atomic E-state index is -0.669. The van der Waals surface area contributed by atoms with Crippen molar-refractivity contribution in [1.29, 1.82) is 0 Å². The van der Waals surface area contributed by atoms with Crippen molar-refractivity contribution in [3.63, 3.8) is 0 Å². The van der Waals surface area contributed by atoms with Gasteiger partial charge in [-0.15, -0.1) is 0 Å². The molecule has 0 bridgehead atoms. The Balaban J connectivity index is 2.01. The van der Waals surface area contributed by atoms with Crippen LogP contribution in [0.3, 0.4) is 0 Å². The molecule has 1 heterocycles. The summed E-state index contributed by atoms with van der Waals surface area (Å²) >= 11 is 11.9. The zero-order valence-corrected chi connectivity index (χ0v) is 14.4. The lowest BCUT2D eigenvalue weighted by Crippen LogP contribution is -2.06. The minimum Gasteiger partial charge on any atom is -0.334 e. The Labute approximate surface area is 157 Å². The van der Waals surface area contributed by atoms with Gasteiger partial charge >= 0.3 is 5.69 Å². The number of aromatic nitrogens is 2. The van der Waals surface area contributed by atoms with Gasteiger partial charge in [-0.05, 0) is 30.3 Å². The van der Waals surface area contributed by atoms with Crippen molar-refractivity contribution >= 4 is 51.9 Å². The van der Waals surface area contributed by atoms with Crippen molar-refractivity contribution in [2.75, 3.05) is 10.6 Å². The lowest BCUT2D eigenvalue weighted by molar-refractivity contribution is -0.383. The van der Waals surface area contributed by atoms with Crippen LogP contribution >= 0.6 is 23.2 Å². The number of anilines is 4. The molecule has 132 valence electrons. The third kappa shape index (κ3) is 3.98. The molecule has 0 amide bonds. The lowest BCUT2D eigenvalue weighted by Gasteiger charge is -2.11. The normalized spacial score (nSPS) is 10.4. The first kappa shape index (κ1) is 17.8. The van der Waals surface area contributed by atoms with E-state index in [-0.39, 0.29) is 17.3 Å². The number of hydrogen-bond donors (Lipinski definition) is 2. The highest BCUT2D eigenvalue weighted by Crippen LogP contribution is 2.34. The second-order valence-corrected chi connectivity index (χ2v) is 5.94. The molecule has 0 unspecified atom stereocenters. The molecule has 0 aliphatic carbocycles. The van der Waals surface area contributed by atoms with E-state index >= 15 is 0 Å². The molecule has 2 aromatic carbocycles. The van der Waals surface area contributed by atoms with Crippen LogP contribution in [0.15, 0.2) is 48.8 Å². The van der Waals surface area contributed by atoms with Crippen LogP contribution in [-0.4, -0.2) is 14.9 Å². The number of hydrogen-bond acceptors (Lipinski definition) is 6. The molecule has 10 heteroatoms. The fourth-order valence-electron chi connectivity index (χ4n) is 2.19. The first-order valence-electron chi connectivity index (χ1n) is 7.18. The highest BCUT2D eigenvalue weighted by molar-refractivity contribution is 6.35. The van der Waals surface area contributed by atoms with Gasteiger partial charge in [0.25, 0.3) is 0 Å². The monoisotopic (exact) mass is 393 g/mol. The number of nitrogens with zero attached hydrogens (tertiary/aromatic N) is 3. The van der Waals surface area contributed by atoms with Crippen LogP contribution in [-0.2, 0) is 0 Å². The molecule has 0 spiro atoms. The maximum Gasteiger partial charge on any atom is 0.353 e. The van der Waals surface area contributed by atoms with Gasteiger partial charge in [-0.1, -0.05) is 35.3 Å². The van der Waals surface area contributed by atoms with Gasteiger partial charge in [-0.3, -0.25) is 10.1 Å². The van der Waals surface area contributed by atoms with Gasteiger partial charge in [0.1, 0.15) is 12.1 Å². The molecule has 0 saturated carbocycles. The van der Waals surface area contributed by atoms with Gasteiger partial charge in [0, 0.05) is 15.7 Å². The molecule has 0 aliphatic heterocycles. The predicted octanol–water partition coefficient (Wildman–Crippen LogP) is 5.32. The maximum absolute atomic E-state index is 13.8. The van der Waals surface area contributed by atoms with Gasteiger partial charge in [0.2, 0.25) is 11.6 Å². The Morgan fingerprint density at radius 1 is 1.00 bits per heavy atom. The minimum absolute atomic E-state index is 0.0473. The molecular weight excluding hydrogens is 384 g/mol. The number of benzene rings is 2. The molecule has 3 aromatic rings. The summed E-state index contributed by atoms with van der Waals surface area (Å²) < 4.78 is 13.8. The first-order valence-corrected chi connectivity index (χ1v) is 7.93. The number of para-hydroxylation sites is 1. The molecule has 0 fully saturated rings. The van der Waals surface area contributed by atoms with Crippen molar-refractivity contribution in [2.45, 2.75) is 0 Å². The van der Waals surface area contributed by atoms with Crippen molar-refractivity contribution in [2.24, 2.45) is 0 Å². The zero-order chi connectivity index (χ0) is 18.7. The molecule has 0 radical (unpaired) electrons. The third-order valence-electron chi connectivity index (χ3n) is 3.26. The van der Waals surface area contributed by atoms with E-state index in [4.69, 9.17) is 23.2 Å². The highest BCUT2D eigenvalue weighted by atomic mass is 35.5. The van der Waals surface area contributed by atoms with Crippen LogP contribution < -0.4 is 10.6 Å². The van der Waals surface area contributed by atoms with E-state index in [1.807, 2.05) is 0 Å². The predicted molar refractivity (Wildman–Crippen MR) is 98.1 cm³/mol. The number of halogens is 3. The van der Waals surface area contributed by atoms with Gasteiger partial charge in [-0.25, -0.2) is 14.4 Å². The van der Waals surface area contributed by atoms with E-state index in [0.29, 0.717) is 15.7 Å². The van der Waals surface area contributed by atoms with E-state index in [2.05, 4.69) is 20.6 Å². The molecule has 0 atom stereocenters. The summed E-state index contributed by atoms with van der Waals surface area (Å²) in [7, 11) is 0. The molecule has 1 aromatic heterocycles. The third-order valence-corrected chi connectivity index (χ3v) is 3.69. The van der Waals surface area contributed by atoms with Crippen LogP contribution in [0.5, 0.6) is 0 Å². The Kier molecular flexibility index (Phi) is 5.15. The molecule has 7 nitrogen and oxygen atoms in total. The van der Waals surface area contributed by atoms with E-state index in [0.717, 1.165) is 6.33 Å². The average molecular weight is 394 g/mol. The van der Waals surface area contributed by atoms with Crippen molar-refractivity contribution in [3.8, 4) is 0 Å². The van der Waals surface area contributed by atoms with Crippen molar-refractivity contribution in [1.82, 2.24) is 9.97 Å². The summed E-state index contributed by atoms with van der Waals surface area (Å²) in [6, 6.07) is 10.3. The van der Waals surface area contributed by atoms with Crippen molar-refractivity contribution < 1.29 is 9.31 Å². The summed E-state index contributed by atoms with van der Waals surface area (Å²) in [6.45, 7) is 0. The molecule has 2 N–H and O–H groups in total. The van der Waals surface area contributed by atoms with Gasteiger partial charge < -0.3 is 10.6 Å². The van der Waals surface area contributed by atoms with Crippen molar-refractivity contribution in [3.05, 3.63) is 74.8 Å². The average Bonchev–Trinajstić information content (AvgIpc) is 2.56. The molecule has 26 heavy (non-hydrogen) atoms. The molecule has 0 aliphatic rings. The zero-order valence-electron chi connectivity index (χ0n) is 12.9. The van der Waals surface area contributed by atoms with Gasteiger partial charge in [0.15, 0.2) is 0 Å². The van der Waals surface area contributed by atoms with E-state index in [1.54, 1.807) is 6.07 Å². The Morgan fingerprint density at radius 2 is 1.62 bits per heavy atom. The van der Waals surface area contributed by atoms with Crippen LogP contribution in [0.1, 0.15) is 0 Å². The van der Waals surface area contributed by atoms with Crippen LogP contribution in [0.4, 0.5) is 33.1 Å². The van der Waals surface area contributed by atoms with Gasteiger partial charge in [0.05, 0.1) is 10.6 Å². The standard InChI is InChI=1S/C16H10Cl2FN5O2/c17-9-5-10(18)7-11(6-9)22-15-14(24(25)26)16(21-8-20-15)23-13-4-2-1-3-12(13)19/h1-8H,(H2,20,21,22,23). The number of rotatable bonds is 5. The molecule has 0 saturated heterocycles. The van der Waals surface area contributed by atoms with Crippen LogP contribution in [0.2, 0.25) is 10.0 Å². The fourth-order valence-corrected chi connectivity index (χ4v) is 2.71. The highest BCUT2D eigenvalue weighted by Gasteiger charge is 2.24. The lowest BCUT2D eigenvalue weighted by atomic mass is 10.3. The van der Waals surface area contributed by atoms with Crippen LogP contribution in [0.25, 0.3) is 0 Å². The number of nitro groups is 1. The number of nitrogens with one attached hydrogen (secondary N) is 2.